The molecular weight excluding hydrogens is 388 g/mol. The Morgan fingerprint density at radius 2 is 1.27 bits per heavy atom. The second-order valence-electron chi connectivity index (χ2n) is 7.19. The predicted octanol–water partition coefficient (Wildman–Crippen LogP) is 5.69. The molecule has 5 nitrogen and oxygen atoms in total. The Bertz CT molecular complexity index is 440. The van der Waals surface area contributed by atoms with Crippen LogP contribution in [0.4, 0.5) is 13.2 Å². The summed E-state index contributed by atoms with van der Waals surface area (Å²) in [7, 11) is -7.41. The van der Waals surface area contributed by atoms with Crippen molar-refractivity contribution in [2.24, 2.45) is 0 Å². The first-order valence-electron chi connectivity index (χ1n) is 9.01. The Labute approximate surface area is 156 Å². The van der Waals surface area contributed by atoms with E-state index in [2.05, 4.69) is 0 Å². The molecule has 0 aliphatic rings. The van der Waals surface area contributed by atoms with Crippen LogP contribution in [0.25, 0.3) is 0 Å². The van der Waals surface area contributed by atoms with Gasteiger partial charge in [-0.2, -0.15) is 13.2 Å². The van der Waals surface area contributed by atoms with Crippen molar-refractivity contribution in [3.05, 3.63) is 0 Å². The molecule has 0 amide bonds. The van der Waals surface area contributed by atoms with Gasteiger partial charge in [0.05, 0.1) is 13.2 Å². The molecule has 0 aromatic rings. The highest BCUT2D eigenvalue weighted by atomic mass is 31.2. The van der Waals surface area contributed by atoms with Gasteiger partial charge in [0.25, 0.3) is 0 Å². The molecule has 26 heavy (non-hydrogen) atoms. The summed E-state index contributed by atoms with van der Waals surface area (Å²) in [5.74, 6) is -2.44. The molecule has 0 saturated carbocycles. The van der Waals surface area contributed by atoms with Gasteiger partial charge in [0.15, 0.2) is 11.9 Å². The lowest BCUT2D eigenvalue weighted by Gasteiger charge is -2.46. The zero-order valence-corrected chi connectivity index (χ0v) is 18.9. The summed E-state index contributed by atoms with van der Waals surface area (Å²) in [6.07, 6.45) is -7.55. The van der Waals surface area contributed by atoms with Gasteiger partial charge < -0.3 is 18.6 Å². The van der Waals surface area contributed by atoms with Crippen molar-refractivity contribution < 1.29 is 36.3 Å². The number of aliphatic hydroxyl groups is 1. The van der Waals surface area contributed by atoms with Gasteiger partial charge in [-0.05, 0) is 30.5 Å². The van der Waals surface area contributed by atoms with E-state index in [1.807, 2.05) is 41.5 Å². The molecule has 158 valence electrons. The molecule has 0 bridgehead atoms. The first kappa shape index (κ1) is 26.1. The fourth-order valence-corrected chi connectivity index (χ4v) is 10.9. The van der Waals surface area contributed by atoms with Gasteiger partial charge in [-0.25, -0.2) is 0 Å². The lowest BCUT2D eigenvalue weighted by Crippen LogP contribution is -2.56. The minimum Gasteiger partial charge on any atom is -0.402 e. The van der Waals surface area contributed by atoms with Gasteiger partial charge in [-0.3, -0.25) is 4.57 Å². The van der Waals surface area contributed by atoms with Crippen LogP contribution in [0.1, 0.15) is 55.4 Å². The minimum absolute atomic E-state index is 0.141. The molecule has 0 saturated heterocycles. The number of alkyl halides is 3. The quantitative estimate of drug-likeness (QED) is 0.342. The molecule has 2 atom stereocenters. The summed E-state index contributed by atoms with van der Waals surface area (Å²) < 4.78 is 69.7. The topological polar surface area (TPSA) is 65.0 Å². The molecule has 0 fully saturated rings. The standard InChI is InChI=1S/C16H34F3O5PSi/c1-9-22-25(21,23-10-2)15(20)14(16(17,18)19)24-26(11(3)4,12(5)6)13(7)8/h11-15,20H,9-10H2,1-8H3. The van der Waals surface area contributed by atoms with E-state index < -0.39 is 34.0 Å². The van der Waals surface area contributed by atoms with Crippen LogP contribution < -0.4 is 0 Å². The number of rotatable bonds is 11. The maximum atomic E-state index is 13.8. The monoisotopic (exact) mass is 422 g/mol. The van der Waals surface area contributed by atoms with Gasteiger partial charge in [-0.15, -0.1) is 0 Å². The molecule has 0 heterocycles. The van der Waals surface area contributed by atoms with E-state index in [1.165, 1.54) is 13.8 Å². The Balaban J connectivity index is 6.16. The Hall–Kier alpha value is 0.0769. The molecule has 0 aromatic heterocycles. The van der Waals surface area contributed by atoms with Gasteiger partial charge >= 0.3 is 13.8 Å². The molecule has 0 aliphatic carbocycles. The van der Waals surface area contributed by atoms with Crippen LogP contribution >= 0.6 is 7.60 Å². The highest BCUT2D eigenvalue weighted by Crippen LogP contribution is 2.57. The Kier molecular flexibility index (Phi) is 10.1. The van der Waals surface area contributed by atoms with E-state index in [1.54, 1.807) is 0 Å². The van der Waals surface area contributed by atoms with Crippen molar-refractivity contribution in [2.75, 3.05) is 13.2 Å². The van der Waals surface area contributed by atoms with Crippen molar-refractivity contribution in [1.29, 1.82) is 0 Å². The van der Waals surface area contributed by atoms with E-state index in [9.17, 15) is 22.8 Å². The molecule has 0 spiro atoms. The van der Waals surface area contributed by atoms with Crippen LogP contribution in [0.2, 0.25) is 16.6 Å². The van der Waals surface area contributed by atoms with E-state index in [0.29, 0.717) is 0 Å². The molecule has 0 radical (unpaired) electrons. The maximum absolute atomic E-state index is 13.8. The zero-order valence-electron chi connectivity index (χ0n) is 17.0. The van der Waals surface area contributed by atoms with E-state index in [-0.39, 0.29) is 29.8 Å². The third-order valence-corrected chi connectivity index (χ3v) is 12.8. The van der Waals surface area contributed by atoms with E-state index >= 15 is 0 Å². The summed E-state index contributed by atoms with van der Waals surface area (Å²) in [6.45, 7) is 13.6. The summed E-state index contributed by atoms with van der Waals surface area (Å²) in [5, 5.41) is 10.4. The largest absolute Gasteiger partial charge is 0.416 e. The normalized spacial score (nSPS) is 16.6. The van der Waals surface area contributed by atoms with E-state index in [4.69, 9.17) is 13.5 Å². The molecular formula is C16H34F3O5PSi. The smallest absolute Gasteiger partial charge is 0.402 e. The van der Waals surface area contributed by atoms with Crippen LogP contribution in [0.15, 0.2) is 0 Å². The summed E-state index contributed by atoms with van der Waals surface area (Å²) >= 11 is 0. The second-order valence-corrected chi connectivity index (χ2v) is 14.7. The van der Waals surface area contributed by atoms with E-state index in [0.717, 1.165) is 0 Å². The fraction of sp³-hybridized carbons (Fsp3) is 1.00. The first-order chi connectivity index (χ1) is 11.7. The van der Waals surface area contributed by atoms with Crippen molar-refractivity contribution >= 4 is 15.9 Å². The highest BCUT2D eigenvalue weighted by Gasteiger charge is 2.58. The SMILES string of the molecule is CCOP(=O)(OCC)C(O)C(O[Si](C(C)C)(C(C)C)C(C)C)C(F)(F)F. The Morgan fingerprint density at radius 3 is 1.50 bits per heavy atom. The molecule has 10 heteroatoms. The molecule has 0 aliphatic heterocycles. The fourth-order valence-electron chi connectivity index (χ4n) is 3.64. The molecule has 0 rings (SSSR count). The molecule has 1 N–H and O–H groups in total. The maximum Gasteiger partial charge on any atom is 0.416 e. The van der Waals surface area contributed by atoms with Crippen LogP contribution in [0.5, 0.6) is 0 Å². The van der Waals surface area contributed by atoms with Crippen molar-refractivity contribution in [3.63, 3.8) is 0 Å². The molecule has 0 aromatic carbocycles. The van der Waals surface area contributed by atoms with Crippen molar-refractivity contribution in [2.45, 2.75) is 90.1 Å². The minimum atomic E-state index is -4.92. The van der Waals surface area contributed by atoms with Crippen LogP contribution in [0, 0.1) is 0 Å². The van der Waals surface area contributed by atoms with Crippen molar-refractivity contribution in [1.82, 2.24) is 0 Å². The third kappa shape index (κ3) is 5.79. The van der Waals surface area contributed by atoms with Gasteiger partial charge in [0.2, 0.25) is 8.32 Å². The number of halogens is 3. The lowest BCUT2D eigenvalue weighted by atomic mass is 10.4. The summed E-state index contributed by atoms with van der Waals surface area (Å²) in [5.41, 5.74) is -0.422. The van der Waals surface area contributed by atoms with Gasteiger partial charge in [-0.1, -0.05) is 41.5 Å². The van der Waals surface area contributed by atoms with Crippen LogP contribution in [-0.2, 0) is 18.0 Å². The van der Waals surface area contributed by atoms with Crippen LogP contribution in [-0.4, -0.2) is 44.8 Å². The van der Waals surface area contributed by atoms with Gasteiger partial charge in [0.1, 0.15) is 0 Å². The predicted molar refractivity (Wildman–Crippen MR) is 98.8 cm³/mol. The number of aliphatic hydroxyl groups excluding tert-OH is 1. The lowest BCUT2D eigenvalue weighted by molar-refractivity contribution is -0.216. The number of hydrogen-bond acceptors (Lipinski definition) is 5. The summed E-state index contributed by atoms with van der Waals surface area (Å²) in [6, 6.07) is 0. The number of hydrogen-bond donors (Lipinski definition) is 1. The van der Waals surface area contributed by atoms with Crippen molar-refractivity contribution in [3.8, 4) is 0 Å². The second kappa shape index (κ2) is 10.0. The molecule has 2 unspecified atom stereocenters. The average molecular weight is 422 g/mol. The highest BCUT2D eigenvalue weighted by molar-refractivity contribution is 7.54. The average Bonchev–Trinajstić information content (AvgIpc) is 2.45. The summed E-state index contributed by atoms with van der Waals surface area (Å²) in [4.78, 5) is 0. The van der Waals surface area contributed by atoms with Crippen LogP contribution in [0.3, 0.4) is 0 Å². The first-order valence-corrected chi connectivity index (χ1v) is 12.8. The zero-order chi connectivity index (χ0) is 20.9. The Morgan fingerprint density at radius 1 is 0.923 bits per heavy atom. The third-order valence-electron chi connectivity index (χ3n) is 4.57. The van der Waals surface area contributed by atoms with Gasteiger partial charge in [0, 0.05) is 0 Å².